The van der Waals surface area contributed by atoms with Gasteiger partial charge in [-0.15, -0.1) is 24.0 Å². The second-order valence-corrected chi connectivity index (χ2v) is 5.46. The number of halogens is 1. The number of guanidine groups is 1. The van der Waals surface area contributed by atoms with Gasteiger partial charge in [0.25, 0.3) is 0 Å². The summed E-state index contributed by atoms with van der Waals surface area (Å²) in [5.74, 6) is 2.63. The standard InChI is InChI=1S/C16H22N8.HI/c1-17-16(19-10-15-20-11-21-24(15)2)18-9-5-8-14-22-12-6-3-4-7-13(12)23-14;/h3-4,6-7,11H,5,8-10H2,1-2H3,(H,22,23)(H2,17,18,19);1H. The number of aryl methyl sites for hydroxylation is 2. The van der Waals surface area contributed by atoms with Crippen molar-refractivity contribution in [1.82, 2.24) is 35.4 Å². The molecule has 25 heavy (non-hydrogen) atoms. The van der Waals surface area contributed by atoms with Crippen molar-refractivity contribution in [2.24, 2.45) is 12.0 Å². The van der Waals surface area contributed by atoms with E-state index in [1.165, 1.54) is 0 Å². The highest BCUT2D eigenvalue weighted by atomic mass is 127. The Morgan fingerprint density at radius 3 is 2.84 bits per heavy atom. The third kappa shape index (κ3) is 5.15. The first-order valence-electron chi connectivity index (χ1n) is 7.97. The van der Waals surface area contributed by atoms with Crippen LogP contribution in [0, 0.1) is 0 Å². The third-order valence-electron chi connectivity index (χ3n) is 3.76. The quantitative estimate of drug-likeness (QED) is 0.228. The van der Waals surface area contributed by atoms with Gasteiger partial charge in [-0.1, -0.05) is 12.1 Å². The number of nitrogens with one attached hydrogen (secondary N) is 3. The fourth-order valence-electron chi connectivity index (χ4n) is 2.45. The largest absolute Gasteiger partial charge is 0.356 e. The summed E-state index contributed by atoms with van der Waals surface area (Å²) < 4.78 is 1.74. The molecule has 3 rings (SSSR count). The predicted octanol–water partition coefficient (Wildman–Crippen LogP) is 1.61. The number of hydrogen-bond donors (Lipinski definition) is 3. The molecular formula is C16H23IN8. The SMILES string of the molecule is CN=C(NCCCc1nc2ccccc2[nH]1)NCc1ncnn1C.I. The van der Waals surface area contributed by atoms with Gasteiger partial charge in [-0.2, -0.15) is 5.10 Å². The molecule has 3 aromatic rings. The Morgan fingerprint density at radius 1 is 1.28 bits per heavy atom. The molecule has 2 aromatic heterocycles. The van der Waals surface area contributed by atoms with Gasteiger partial charge >= 0.3 is 0 Å². The van der Waals surface area contributed by atoms with Crippen molar-refractivity contribution in [2.75, 3.05) is 13.6 Å². The molecule has 8 nitrogen and oxygen atoms in total. The number of nitrogens with zero attached hydrogens (tertiary/aromatic N) is 5. The van der Waals surface area contributed by atoms with Crippen LogP contribution in [-0.2, 0) is 20.0 Å². The van der Waals surface area contributed by atoms with Crippen molar-refractivity contribution >= 4 is 41.0 Å². The molecule has 0 spiro atoms. The van der Waals surface area contributed by atoms with Crippen molar-refractivity contribution in [2.45, 2.75) is 19.4 Å². The highest BCUT2D eigenvalue weighted by Gasteiger charge is 2.04. The molecule has 9 heteroatoms. The highest BCUT2D eigenvalue weighted by molar-refractivity contribution is 14.0. The lowest BCUT2D eigenvalue weighted by molar-refractivity contribution is 0.667. The topological polar surface area (TPSA) is 95.8 Å². The molecule has 0 amide bonds. The summed E-state index contributed by atoms with van der Waals surface area (Å²) in [6.07, 6.45) is 3.40. The summed E-state index contributed by atoms with van der Waals surface area (Å²) in [7, 11) is 3.62. The predicted molar refractivity (Wildman–Crippen MR) is 109 cm³/mol. The maximum atomic E-state index is 4.58. The van der Waals surface area contributed by atoms with Gasteiger partial charge in [-0.25, -0.2) is 9.97 Å². The molecule has 0 aliphatic carbocycles. The minimum atomic E-state index is 0. The fraction of sp³-hybridized carbons (Fsp3) is 0.375. The number of hydrogen-bond acceptors (Lipinski definition) is 4. The molecule has 2 heterocycles. The molecule has 0 aliphatic rings. The number of aliphatic imine (C=N–C) groups is 1. The van der Waals surface area contributed by atoms with E-state index in [1.807, 2.05) is 31.3 Å². The second-order valence-electron chi connectivity index (χ2n) is 5.46. The Balaban J connectivity index is 0.00000225. The first kappa shape index (κ1) is 19.2. The lowest BCUT2D eigenvalue weighted by Gasteiger charge is -2.11. The van der Waals surface area contributed by atoms with E-state index in [-0.39, 0.29) is 24.0 Å². The van der Waals surface area contributed by atoms with Crippen LogP contribution in [0.15, 0.2) is 35.6 Å². The number of fused-ring (bicyclic) bond motifs is 1. The average Bonchev–Trinajstić information content (AvgIpc) is 3.19. The normalized spacial score (nSPS) is 11.4. The van der Waals surface area contributed by atoms with Crippen LogP contribution in [0.2, 0.25) is 0 Å². The van der Waals surface area contributed by atoms with Crippen LogP contribution in [0.5, 0.6) is 0 Å². The smallest absolute Gasteiger partial charge is 0.191 e. The first-order valence-corrected chi connectivity index (χ1v) is 7.97. The van der Waals surface area contributed by atoms with E-state index >= 15 is 0 Å². The molecule has 0 fully saturated rings. The van der Waals surface area contributed by atoms with Gasteiger partial charge in [-0.3, -0.25) is 9.67 Å². The average molecular weight is 454 g/mol. The van der Waals surface area contributed by atoms with Crippen molar-refractivity contribution in [3.63, 3.8) is 0 Å². The fourth-order valence-corrected chi connectivity index (χ4v) is 2.45. The summed E-state index contributed by atoms with van der Waals surface area (Å²) in [6, 6.07) is 8.08. The van der Waals surface area contributed by atoms with E-state index in [0.717, 1.165) is 48.0 Å². The van der Waals surface area contributed by atoms with Crippen LogP contribution in [0.4, 0.5) is 0 Å². The number of benzene rings is 1. The Hall–Kier alpha value is -2.17. The summed E-state index contributed by atoms with van der Waals surface area (Å²) >= 11 is 0. The summed E-state index contributed by atoms with van der Waals surface area (Å²) in [6.45, 7) is 1.40. The molecule has 0 saturated carbocycles. The Labute approximate surface area is 163 Å². The molecule has 0 saturated heterocycles. The van der Waals surface area contributed by atoms with Gasteiger partial charge in [0.15, 0.2) is 5.96 Å². The minimum Gasteiger partial charge on any atom is -0.356 e. The van der Waals surface area contributed by atoms with Crippen LogP contribution in [0.3, 0.4) is 0 Å². The zero-order valence-corrected chi connectivity index (χ0v) is 16.7. The number of aromatic amines is 1. The summed E-state index contributed by atoms with van der Waals surface area (Å²) in [5.41, 5.74) is 2.10. The molecule has 0 bridgehead atoms. The van der Waals surface area contributed by atoms with Crippen LogP contribution in [-0.4, -0.2) is 44.3 Å². The number of aromatic nitrogens is 5. The van der Waals surface area contributed by atoms with E-state index in [2.05, 4.69) is 35.7 Å². The Kier molecular flexibility index (Phi) is 7.16. The van der Waals surface area contributed by atoms with Crippen LogP contribution in [0.1, 0.15) is 18.1 Å². The highest BCUT2D eigenvalue weighted by Crippen LogP contribution is 2.10. The van der Waals surface area contributed by atoms with Gasteiger partial charge in [0.05, 0.1) is 17.6 Å². The minimum absolute atomic E-state index is 0. The number of para-hydroxylation sites is 2. The maximum Gasteiger partial charge on any atom is 0.191 e. The van der Waals surface area contributed by atoms with Crippen molar-refractivity contribution < 1.29 is 0 Å². The van der Waals surface area contributed by atoms with E-state index in [0.29, 0.717) is 6.54 Å². The summed E-state index contributed by atoms with van der Waals surface area (Å²) in [5, 5.41) is 10.6. The maximum absolute atomic E-state index is 4.58. The lowest BCUT2D eigenvalue weighted by atomic mass is 10.3. The van der Waals surface area contributed by atoms with Crippen molar-refractivity contribution in [3.8, 4) is 0 Å². The molecule has 0 unspecified atom stereocenters. The van der Waals surface area contributed by atoms with E-state index in [9.17, 15) is 0 Å². The number of imidazole rings is 1. The molecule has 3 N–H and O–H groups in total. The third-order valence-corrected chi connectivity index (χ3v) is 3.76. The number of H-pyrrole nitrogens is 1. The molecular weight excluding hydrogens is 431 g/mol. The second kappa shape index (κ2) is 9.35. The molecule has 0 atom stereocenters. The van der Waals surface area contributed by atoms with Gasteiger partial charge in [-0.05, 0) is 18.6 Å². The van der Waals surface area contributed by atoms with E-state index < -0.39 is 0 Å². The molecule has 0 aliphatic heterocycles. The van der Waals surface area contributed by atoms with Crippen LogP contribution >= 0.6 is 24.0 Å². The van der Waals surface area contributed by atoms with Gasteiger partial charge in [0, 0.05) is 27.1 Å². The first-order chi connectivity index (χ1) is 11.8. The lowest BCUT2D eigenvalue weighted by Crippen LogP contribution is -2.38. The number of rotatable bonds is 6. The zero-order valence-electron chi connectivity index (χ0n) is 14.4. The van der Waals surface area contributed by atoms with E-state index in [1.54, 1.807) is 18.1 Å². The van der Waals surface area contributed by atoms with Gasteiger partial charge in [0.1, 0.15) is 18.0 Å². The monoisotopic (exact) mass is 454 g/mol. The molecule has 134 valence electrons. The van der Waals surface area contributed by atoms with Crippen molar-refractivity contribution in [1.29, 1.82) is 0 Å². The zero-order chi connectivity index (χ0) is 16.8. The van der Waals surface area contributed by atoms with Crippen molar-refractivity contribution in [3.05, 3.63) is 42.2 Å². The van der Waals surface area contributed by atoms with Gasteiger partial charge in [0.2, 0.25) is 0 Å². The molecule has 0 radical (unpaired) electrons. The van der Waals surface area contributed by atoms with E-state index in [4.69, 9.17) is 0 Å². The Bertz CT molecular complexity index is 789. The molecule has 1 aromatic carbocycles. The Morgan fingerprint density at radius 2 is 2.12 bits per heavy atom. The summed E-state index contributed by atoms with van der Waals surface area (Å²) in [4.78, 5) is 16.3. The van der Waals surface area contributed by atoms with Gasteiger partial charge < -0.3 is 15.6 Å². The van der Waals surface area contributed by atoms with Crippen LogP contribution < -0.4 is 10.6 Å². The van der Waals surface area contributed by atoms with Crippen LogP contribution in [0.25, 0.3) is 11.0 Å².